The van der Waals surface area contributed by atoms with Crippen molar-refractivity contribution >= 4 is 17.6 Å². The van der Waals surface area contributed by atoms with E-state index in [1.165, 1.54) is 13.8 Å². The number of ether oxygens (including phenoxy) is 2. The number of hydrogen-bond acceptors (Lipinski definition) is 6. The Kier molecular flexibility index (Phi) is 6.64. The average molecular weight is 490 g/mol. The Morgan fingerprint density at radius 1 is 0.892 bits per heavy atom. The zero-order chi connectivity index (χ0) is 25.8. The first-order valence-corrected chi connectivity index (χ1v) is 11.8. The monoisotopic (exact) mass is 489 g/mol. The van der Waals surface area contributed by atoms with E-state index in [2.05, 4.69) is 11.5 Å². The van der Waals surface area contributed by atoms with Crippen molar-refractivity contribution < 1.29 is 19.1 Å². The van der Waals surface area contributed by atoms with Crippen LogP contribution in [0.15, 0.2) is 96.1 Å². The fourth-order valence-corrected chi connectivity index (χ4v) is 4.07. The molecular weight excluding hydrogens is 466 g/mol. The van der Waals surface area contributed by atoms with Crippen LogP contribution in [0.25, 0.3) is 16.9 Å². The predicted octanol–water partition coefficient (Wildman–Crippen LogP) is 5.19. The van der Waals surface area contributed by atoms with Crippen LogP contribution in [0.1, 0.15) is 30.8 Å². The SMILES string of the molecule is CC(=O)Oc1ccc(-c2cn3c(OC(C)=O)c(Cc4ccccc4)nc3c(CC3=C=C=CC=C3)n2)cc1. The van der Waals surface area contributed by atoms with Gasteiger partial charge in [0.15, 0.2) is 5.65 Å². The Balaban J connectivity index is 1.67. The number of nitrogens with zero attached hydrogens (tertiary/aromatic N) is 3. The molecule has 7 heteroatoms. The van der Waals surface area contributed by atoms with Gasteiger partial charge >= 0.3 is 11.9 Å². The van der Waals surface area contributed by atoms with Crippen molar-refractivity contribution in [3.05, 3.63) is 113 Å². The standard InChI is InChI=1S/C30H23N3O4/c1-20(34)36-25-15-13-24(14-16-25)28-19-33-29(26(31-28)17-22-9-5-3-6-10-22)32-27(30(33)37-21(2)35)18-23-11-7-4-8-12-23/h3-5,7-9,11-16,19H,17-18H2,1-2H3. The number of hydrogen-bond donors (Lipinski definition) is 0. The molecule has 0 fully saturated rings. The van der Waals surface area contributed by atoms with Gasteiger partial charge in [0.25, 0.3) is 0 Å². The minimum atomic E-state index is -0.437. The first-order chi connectivity index (χ1) is 18.0. The molecule has 4 aromatic rings. The van der Waals surface area contributed by atoms with Crippen LogP contribution in [0.2, 0.25) is 0 Å². The van der Waals surface area contributed by atoms with Gasteiger partial charge in [0.1, 0.15) is 11.4 Å². The molecule has 0 saturated carbocycles. The van der Waals surface area contributed by atoms with E-state index < -0.39 is 5.97 Å². The van der Waals surface area contributed by atoms with E-state index in [-0.39, 0.29) is 5.97 Å². The van der Waals surface area contributed by atoms with Crippen molar-refractivity contribution in [2.75, 3.05) is 0 Å². The highest BCUT2D eigenvalue weighted by Gasteiger charge is 2.21. The minimum Gasteiger partial charge on any atom is -0.427 e. The molecule has 7 nitrogen and oxygen atoms in total. The molecule has 0 aliphatic heterocycles. The van der Waals surface area contributed by atoms with E-state index in [0.717, 1.165) is 16.7 Å². The third-order valence-corrected chi connectivity index (χ3v) is 5.63. The molecule has 5 rings (SSSR count). The lowest BCUT2D eigenvalue weighted by Gasteiger charge is -2.10. The highest BCUT2D eigenvalue weighted by atomic mass is 16.5. The molecule has 0 N–H and O–H groups in total. The quantitative estimate of drug-likeness (QED) is 0.202. The Morgan fingerprint density at radius 3 is 2.32 bits per heavy atom. The molecule has 0 spiro atoms. The van der Waals surface area contributed by atoms with Crippen LogP contribution in [0.4, 0.5) is 0 Å². The largest absolute Gasteiger partial charge is 0.427 e. The Morgan fingerprint density at radius 2 is 1.65 bits per heavy atom. The number of aromatic nitrogens is 3. The number of fused-ring (bicyclic) bond motifs is 1. The number of carbonyl (C=O) groups is 2. The Labute approximate surface area is 213 Å². The summed E-state index contributed by atoms with van der Waals surface area (Å²) >= 11 is 0. The lowest BCUT2D eigenvalue weighted by atomic mass is 10.1. The number of esters is 2. The molecule has 2 aromatic carbocycles. The first-order valence-electron chi connectivity index (χ1n) is 11.8. The molecule has 2 heterocycles. The smallest absolute Gasteiger partial charge is 0.309 e. The van der Waals surface area contributed by atoms with E-state index in [9.17, 15) is 9.59 Å². The van der Waals surface area contributed by atoms with Crippen LogP contribution in [0, 0.1) is 0 Å². The van der Waals surface area contributed by atoms with Crippen molar-refractivity contribution in [2.24, 2.45) is 0 Å². The van der Waals surface area contributed by atoms with E-state index in [0.29, 0.717) is 47.2 Å². The first kappa shape index (κ1) is 23.8. The molecule has 0 saturated heterocycles. The lowest BCUT2D eigenvalue weighted by molar-refractivity contribution is -0.133. The van der Waals surface area contributed by atoms with Crippen LogP contribution < -0.4 is 9.47 Å². The van der Waals surface area contributed by atoms with Gasteiger partial charge in [-0.2, -0.15) is 0 Å². The zero-order valence-electron chi connectivity index (χ0n) is 20.4. The number of imidazole rings is 1. The fraction of sp³-hybridized carbons (Fsp3) is 0.133. The van der Waals surface area contributed by atoms with Gasteiger partial charge in [-0.25, -0.2) is 9.97 Å². The van der Waals surface area contributed by atoms with E-state index in [4.69, 9.17) is 19.4 Å². The lowest BCUT2D eigenvalue weighted by Crippen LogP contribution is -2.07. The summed E-state index contributed by atoms with van der Waals surface area (Å²) in [5.41, 5.74) is 11.4. The summed E-state index contributed by atoms with van der Waals surface area (Å²) in [6.07, 6.45) is 8.40. The maximum Gasteiger partial charge on any atom is 0.309 e. The molecule has 0 unspecified atom stereocenters. The molecule has 2 aromatic heterocycles. The van der Waals surface area contributed by atoms with E-state index in [1.54, 1.807) is 28.8 Å². The van der Waals surface area contributed by atoms with Gasteiger partial charge in [-0.3, -0.25) is 14.0 Å². The normalized spacial score (nSPS) is 12.0. The number of carbonyl (C=O) groups excluding carboxylic acids is 2. The van der Waals surface area contributed by atoms with Crippen LogP contribution in [0.3, 0.4) is 0 Å². The summed E-state index contributed by atoms with van der Waals surface area (Å²) < 4.78 is 12.6. The Hall–Kier alpha value is -4.96. The van der Waals surface area contributed by atoms with Crippen molar-refractivity contribution in [3.8, 4) is 22.9 Å². The zero-order valence-corrected chi connectivity index (χ0v) is 20.4. The summed E-state index contributed by atoms with van der Waals surface area (Å²) in [7, 11) is 0. The molecular formula is C30H23N3O4. The molecule has 0 bridgehead atoms. The second kappa shape index (κ2) is 10.3. The highest BCUT2D eigenvalue weighted by molar-refractivity contribution is 5.72. The van der Waals surface area contributed by atoms with Crippen LogP contribution in [-0.2, 0) is 22.4 Å². The second-order valence-corrected chi connectivity index (χ2v) is 8.50. The highest BCUT2D eigenvalue weighted by Crippen LogP contribution is 2.30. The topological polar surface area (TPSA) is 82.8 Å². The molecule has 1 aliphatic rings. The van der Waals surface area contributed by atoms with Gasteiger partial charge in [-0.1, -0.05) is 47.9 Å². The number of benzene rings is 2. The molecule has 182 valence electrons. The van der Waals surface area contributed by atoms with Crippen LogP contribution >= 0.6 is 0 Å². The Bertz CT molecular complexity index is 1630. The number of allylic oxidation sites excluding steroid dienone is 4. The summed E-state index contributed by atoms with van der Waals surface area (Å²) in [5, 5.41) is 0. The summed E-state index contributed by atoms with van der Waals surface area (Å²) in [6, 6.07) is 17.0. The van der Waals surface area contributed by atoms with Gasteiger partial charge in [0.2, 0.25) is 5.88 Å². The second-order valence-electron chi connectivity index (χ2n) is 8.50. The van der Waals surface area contributed by atoms with E-state index >= 15 is 0 Å². The minimum absolute atomic E-state index is 0.358. The summed E-state index contributed by atoms with van der Waals surface area (Å²) in [6.45, 7) is 2.73. The third-order valence-electron chi connectivity index (χ3n) is 5.63. The molecule has 37 heavy (non-hydrogen) atoms. The molecule has 1 aliphatic carbocycles. The maximum absolute atomic E-state index is 12.1. The predicted molar refractivity (Wildman–Crippen MR) is 138 cm³/mol. The summed E-state index contributed by atoms with van der Waals surface area (Å²) in [4.78, 5) is 33.2. The van der Waals surface area contributed by atoms with E-state index in [1.807, 2.05) is 54.6 Å². The average Bonchev–Trinajstić information content (AvgIpc) is 3.22. The number of rotatable bonds is 7. The van der Waals surface area contributed by atoms with Gasteiger partial charge in [0.05, 0.1) is 11.4 Å². The van der Waals surface area contributed by atoms with Gasteiger partial charge in [0, 0.05) is 44.0 Å². The van der Waals surface area contributed by atoms with Crippen molar-refractivity contribution in [3.63, 3.8) is 0 Å². The van der Waals surface area contributed by atoms with Crippen LogP contribution in [-0.4, -0.2) is 26.3 Å². The fourth-order valence-electron chi connectivity index (χ4n) is 4.07. The molecule has 0 amide bonds. The van der Waals surface area contributed by atoms with Crippen molar-refractivity contribution in [2.45, 2.75) is 26.7 Å². The molecule has 0 atom stereocenters. The van der Waals surface area contributed by atoms with Crippen molar-refractivity contribution in [1.82, 2.24) is 14.4 Å². The third kappa shape index (κ3) is 5.49. The summed E-state index contributed by atoms with van der Waals surface area (Å²) in [5.74, 6) is -0.0228. The maximum atomic E-state index is 12.1. The van der Waals surface area contributed by atoms with Gasteiger partial charge in [-0.15, -0.1) is 0 Å². The van der Waals surface area contributed by atoms with Crippen LogP contribution in [0.5, 0.6) is 11.6 Å². The van der Waals surface area contributed by atoms with Crippen molar-refractivity contribution in [1.29, 1.82) is 0 Å². The van der Waals surface area contributed by atoms with Gasteiger partial charge < -0.3 is 9.47 Å². The molecule has 0 radical (unpaired) electrons. The van der Waals surface area contributed by atoms with Gasteiger partial charge in [-0.05, 0) is 42.0 Å².